The van der Waals surface area contributed by atoms with E-state index in [-0.39, 0.29) is 0 Å². The van der Waals surface area contributed by atoms with Gasteiger partial charge >= 0.3 is 24.3 Å². The lowest BCUT2D eigenvalue weighted by Gasteiger charge is -2.32. The van der Waals surface area contributed by atoms with Gasteiger partial charge in [0.15, 0.2) is 12.2 Å². The van der Waals surface area contributed by atoms with Gasteiger partial charge in [0.05, 0.1) is 0 Å². The molecule has 2 aromatic carbocycles. The van der Waals surface area contributed by atoms with Crippen LogP contribution in [-0.4, -0.2) is 50.7 Å². The summed E-state index contributed by atoms with van der Waals surface area (Å²) in [5.74, 6) is 5.72. The number of methoxy groups -OCH3 is 2. The molecule has 0 bridgehead atoms. The predicted molar refractivity (Wildman–Crippen MR) is 170 cm³/mol. The number of hydrogen-bond donors (Lipinski definition) is 0. The number of allylic oxidation sites excluding steroid dienone is 1. The normalized spacial score (nSPS) is 15.3. The standard InChI is InChI=1S/C37H38F6O6/c1-5-7-8-9-10-11-18-26-31(49-33(45)35(47-4,37(41,42)43)29-23-16-13-17-24-29)27-20-19-25-30(6-2)48-32(44)34(46-3,36(38,39)40)28-21-14-12-15-22-28/h6,12-18,21-24,26,30-31H,2,5,7-11H2,1,3-4H3/b26-18-/t30-,31-,34-,35-/m0/s1. The van der Waals surface area contributed by atoms with Crippen molar-refractivity contribution in [3.05, 3.63) is 96.6 Å². The van der Waals surface area contributed by atoms with Gasteiger partial charge < -0.3 is 18.9 Å². The number of alkyl halides is 6. The molecule has 0 spiro atoms. The molecule has 0 fully saturated rings. The van der Waals surface area contributed by atoms with Crippen LogP contribution in [0.4, 0.5) is 26.3 Å². The van der Waals surface area contributed by atoms with Gasteiger partial charge in [-0.15, -0.1) is 0 Å². The van der Waals surface area contributed by atoms with E-state index in [4.69, 9.17) is 18.9 Å². The van der Waals surface area contributed by atoms with Crippen LogP contribution >= 0.6 is 0 Å². The molecular weight excluding hydrogens is 654 g/mol. The quantitative estimate of drug-likeness (QED) is 0.0582. The summed E-state index contributed by atoms with van der Waals surface area (Å²) in [5, 5.41) is 0. The highest BCUT2D eigenvalue weighted by molar-refractivity contribution is 5.84. The topological polar surface area (TPSA) is 71.1 Å². The molecule has 12 heteroatoms. The Morgan fingerprint density at radius 2 is 1.14 bits per heavy atom. The van der Waals surface area contributed by atoms with Crippen LogP contribution in [0.5, 0.6) is 0 Å². The summed E-state index contributed by atoms with van der Waals surface area (Å²) in [5.41, 5.74) is -8.00. The Morgan fingerprint density at radius 3 is 1.55 bits per heavy atom. The first-order chi connectivity index (χ1) is 23.2. The number of hydrogen-bond acceptors (Lipinski definition) is 6. The molecule has 0 aliphatic rings. The lowest BCUT2D eigenvalue weighted by molar-refractivity contribution is -0.277. The number of carbonyl (C=O) groups is 2. The van der Waals surface area contributed by atoms with Crippen molar-refractivity contribution in [1.82, 2.24) is 0 Å². The summed E-state index contributed by atoms with van der Waals surface area (Å²) in [6.07, 6.45) is -4.43. The maximum atomic E-state index is 14.4. The zero-order valence-corrected chi connectivity index (χ0v) is 27.3. The van der Waals surface area contributed by atoms with Crippen LogP contribution in [0.25, 0.3) is 0 Å². The first kappa shape index (κ1) is 40.7. The number of benzene rings is 2. The maximum absolute atomic E-state index is 14.4. The average Bonchev–Trinajstić information content (AvgIpc) is 3.06. The van der Waals surface area contributed by atoms with Crippen LogP contribution < -0.4 is 0 Å². The van der Waals surface area contributed by atoms with Gasteiger partial charge in [0.1, 0.15) is 0 Å². The van der Waals surface area contributed by atoms with E-state index >= 15 is 0 Å². The van der Waals surface area contributed by atoms with Gasteiger partial charge in [-0.3, -0.25) is 0 Å². The second-order valence-corrected chi connectivity index (χ2v) is 10.6. The van der Waals surface area contributed by atoms with Gasteiger partial charge in [0.2, 0.25) is 0 Å². The van der Waals surface area contributed by atoms with E-state index in [1.54, 1.807) is 6.08 Å². The van der Waals surface area contributed by atoms with Crippen LogP contribution in [0.1, 0.15) is 56.6 Å². The molecule has 0 amide bonds. The van der Waals surface area contributed by atoms with Crippen LogP contribution in [0.2, 0.25) is 0 Å². The Bertz CT molecular complexity index is 1520. The number of esters is 2. The van der Waals surface area contributed by atoms with Gasteiger partial charge in [0.25, 0.3) is 11.2 Å². The fourth-order valence-corrected chi connectivity index (χ4v) is 4.72. The van der Waals surface area contributed by atoms with Crippen molar-refractivity contribution in [3.63, 3.8) is 0 Å². The average molecular weight is 693 g/mol. The van der Waals surface area contributed by atoms with Gasteiger partial charge in [-0.25, -0.2) is 9.59 Å². The number of ether oxygens (including phenoxy) is 4. The number of carbonyl (C=O) groups excluding carboxylic acids is 2. The Labute approximate surface area is 282 Å². The molecule has 0 aliphatic carbocycles. The van der Waals surface area contributed by atoms with E-state index in [2.05, 4.69) is 37.2 Å². The minimum atomic E-state index is -5.23. The minimum absolute atomic E-state index is 0.515. The van der Waals surface area contributed by atoms with Crippen LogP contribution in [0.15, 0.2) is 85.5 Å². The minimum Gasteiger partial charge on any atom is -0.442 e. The molecule has 0 N–H and O–H groups in total. The van der Waals surface area contributed by atoms with Gasteiger partial charge in [-0.2, -0.15) is 26.3 Å². The first-order valence-electron chi connectivity index (χ1n) is 15.3. The van der Waals surface area contributed by atoms with E-state index in [0.717, 1.165) is 69.6 Å². The molecule has 0 aromatic heterocycles. The van der Waals surface area contributed by atoms with Crippen molar-refractivity contribution >= 4 is 11.9 Å². The summed E-state index contributed by atoms with van der Waals surface area (Å²) in [6.45, 7) is 5.49. The number of unbranched alkanes of at least 4 members (excludes halogenated alkanes) is 5. The highest BCUT2D eigenvalue weighted by Gasteiger charge is 2.65. The van der Waals surface area contributed by atoms with E-state index < -0.39 is 58.8 Å². The summed E-state index contributed by atoms with van der Waals surface area (Å²) in [4.78, 5) is 26.1. The van der Waals surface area contributed by atoms with Gasteiger partial charge in [-0.05, 0) is 48.7 Å². The maximum Gasteiger partial charge on any atom is 0.432 e. The first-order valence-corrected chi connectivity index (χ1v) is 15.3. The van der Waals surface area contributed by atoms with Gasteiger partial charge in [-0.1, -0.05) is 106 Å². The zero-order chi connectivity index (χ0) is 36.6. The molecule has 0 aliphatic heterocycles. The summed E-state index contributed by atoms with van der Waals surface area (Å²) in [6, 6.07) is 12.4. The molecular formula is C37H38F6O6. The second kappa shape index (κ2) is 18.9. The van der Waals surface area contributed by atoms with Crippen molar-refractivity contribution in [2.24, 2.45) is 0 Å². The lowest BCUT2D eigenvalue weighted by atomic mass is 9.92. The third-order valence-corrected chi connectivity index (χ3v) is 7.30. The fraction of sp³-hybridized carbons (Fsp3) is 0.405. The Morgan fingerprint density at radius 1 is 0.714 bits per heavy atom. The molecule has 0 saturated heterocycles. The van der Waals surface area contributed by atoms with Crippen LogP contribution in [-0.2, 0) is 39.7 Å². The largest absolute Gasteiger partial charge is 0.442 e. The van der Waals surface area contributed by atoms with Crippen molar-refractivity contribution in [1.29, 1.82) is 0 Å². The summed E-state index contributed by atoms with van der Waals surface area (Å²) in [7, 11) is 1.43. The monoisotopic (exact) mass is 692 g/mol. The zero-order valence-electron chi connectivity index (χ0n) is 27.3. The van der Waals surface area contributed by atoms with Gasteiger partial charge in [0, 0.05) is 25.3 Å². The molecule has 0 unspecified atom stereocenters. The van der Waals surface area contributed by atoms with Crippen molar-refractivity contribution in [3.8, 4) is 23.7 Å². The molecule has 6 nitrogen and oxygen atoms in total. The van der Waals surface area contributed by atoms with Crippen molar-refractivity contribution in [2.45, 2.75) is 81.2 Å². The highest BCUT2D eigenvalue weighted by atomic mass is 19.4. The lowest BCUT2D eigenvalue weighted by Crippen LogP contribution is -2.52. The molecule has 49 heavy (non-hydrogen) atoms. The van der Waals surface area contributed by atoms with E-state index in [0.29, 0.717) is 13.5 Å². The fourth-order valence-electron chi connectivity index (χ4n) is 4.72. The van der Waals surface area contributed by atoms with Crippen molar-refractivity contribution < 1.29 is 54.9 Å². The molecule has 2 rings (SSSR count). The summed E-state index contributed by atoms with van der Waals surface area (Å²) < 4.78 is 106. The van der Waals surface area contributed by atoms with E-state index in [1.807, 2.05) is 0 Å². The second-order valence-electron chi connectivity index (χ2n) is 10.6. The molecule has 4 atom stereocenters. The molecule has 2 aromatic rings. The SMILES string of the molecule is C=C[C@@H](C#CC#C[C@H](/C=C\CCCCCCC)OC(=O)[C@@](OC)(c1ccccc1)C(F)(F)F)OC(=O)[C@@](OC)(c1ccccc1)C(F)(F)F. The third-order valence-electron chi connectivity index (χ3n) is 7.30. The Hall–Kier alpha value is -4.52. The van der Waals surface area contributed by atoms with E-state index in [1.165, 1.54) is 42.5 Å². The molecule has 264 valence electrons. The Kier molecular flexibility index (Phi) is 15.7. The Balaban J connectivity index is 2.40. The predicted octanol–water partition coefficient (Wildman–Crippen LogP) is 8.13. The van der Waals surface area contributed by atoms with Crippen LogP contribution in [0.3, 0.4) is 0 Å². The number of halogens is 6. The molecule has 0 saturated carbocycles. The summed E-state index contributed by atoms with van der Waals surface area (Å²) >= 11 is 0. The van der Waals surface area contributed by atoms with Crippen LogP contribution in [0, 0.1) is 23.7 Å². The smallest absolute Gasteiger partial charge is 0.432 e. The third kappa shape index (κ3) is 10.2. The highest BCUT2D eigenvalue weighted by Crippen LogP contribution is 2.44. The molecule has 0 heterocycles. The van der Waals surface area contributed by atoms with E-state index in [9.17, 15) is 35.9 Å². The van der Waals surface area contributed by atoms with Crippen molar-refractivity contribution in [2.75, 3.05) is 14.2 Å². The molecule has 0 radical (unpaired) electrons. The number of rotatable bonds is 16.